The molecule has 6 rings (SSSR count). The minimum atomic E-state index is 0.999. The molecule has 232 valence electrons. The van der Waals surface area contributed by atoms with Gasteiger partial charge in [0.05, 0.1) is 0 Å². The van der Waals surface area contributed by atoms with E-state index in [1.165, 1.54) is 117 Å². The Morgan fingerprint density at radius 2 is 0.667 bits per heavy atom. The van der Waals surface area contributed by atoms with Crippen LogP contribution < -0.4 is 4.74 Å². The molecule has 0 saturated carbocycles. The zero-order valence-electron chi connectivity index (χ0n) is 28.0. The summed E-state index contributed by atoms with van der Waals surface area (Å²) in [5.41, 5.74) is 5.84. The third kappa shape index (κ3) is 6.07. The summed E-state index contributed by atoms with van der Waals surface area (Å²) in [5.74, 6) is 2.00. The summed E-state index contributed by atoms with van der Waals surface area (Å²) in [7, 11) is 0. The first kappa shape index (κ1) is 31.2. The van der Waals surface area contributed by atoms with Crippen LogP contribution in [0.1, 0.15) is 101 Å². The SMILES string of the molecule is CCCCc1c2ccccc2c(CCCC)c2c(Oc3cccc4c(CCCC)c5ccccc5c(CCCC)c34)cccc12. The van der Waals surface area contributed by atoms with Crippen molar-refractivity contribution in [2.24, 2.45) is 0 Å². The van der Waals surface area contributed by atoms with Crippen LogP contribution in [0, 0.1) is 0 Å². The van der Waals surface area contributed by atoms with E-state index in [1.54, 1.807) is 0 Å². The van der Waals surface area contributed by atoms with E-state index in [0.717, 1.165) is 37.2 Å². The van der Waals surface area contributed by atoms with Crippen molar-refractivity contribution in [1.29, 1.82) is 0 Å². The number of fused-ring (bicyclic) bond motifs is 4. The molecule has 1 nitrogen and oxygen atoms in total. The minimum absolute atomic E-state index is 0.999. The van der Waals surface area contributed by atoms with Crippen LogP contribution in [0.15, 0.2) is 84.9 Å². The molecule has 0 spiro atoms. The monoisotopic (exact) mass is 594 g/mol. The van der Waals surface area contributed by atoms with E-state index in [0.29, 0.717) is 0 Å². The molecule has 0 unspecified atom stereocenters. The highest BCUT2D eigenvalue weighted by atomic mass is 16.5. The van der Waals surface area contributed by atoms with Gasteiger partial charge in [0, 0.05) is 10.8 Å². The van der Waals surface area contributed by atoms with Crippen molar-refractivity contribution < 1.29 is 4.74 Å². The molecular formula is C44H50O. The van der Waals surface area contributed by atoms with Crippen LogP contribution in [0.25, 0.3) is 43.1 Å². The Bertz CT molecular complexity index is 1790. The molecule has 0 heterocycles. The maximum atomic E-state index is 7.26. The second kappa shape index (κ2) is 14.5. The number of rotatable bonds is 14. The van der Waals surface area contributed by atoms with E-state index in [-0.39, 0.29) is 0 Å². The highest BCUT2D eigenvalue weighted by Crippen LogP contribution is 2.44. The normalized spacial score (nSPS) is 11.7. The first-order valence-corrected chi connectivity index (χ1v) is 17.8. The van der Waals surface area contributed by atoms with Gasteiger partial charge in [-0.25, -0.2) is 0 Å². The average Bonchev–Trinajstić information content (AvgIpc) is 3.08. The van der Waals surface area contributed by atoms with Gasteiger partial charge in [-0.3, -0.25) is 0 Å². The summed E-state index contributed by atoms with van der Waals surface area (Å²) < 4.78 is 7.26. The number of hydrogen-bond donors (Lipinski definition) is 0. The summed E-state index contributed by atoms with van der Waals surface area (Å²) >= 11 is 0. The van der Waals surface area contributed by atoms with Gasteiger partial charge in [0.2, 0.25) is 0 Å². The van der Waals surface area contributed by atoms with E-state index in [4.69, 9.17) is 4.74 Å². The van der Waals surface area contributed by atoms with Crippen molar-refractivity contribution in [3.63, 3.8) is 0 Å². The fourth-order valence-electron chi connectivity index (χ4n) is 7.53. The zero-order valence-corrected chi connectivity index (χ0v) is 28.0. The second-order valence-corrected chi connectivity index (χ2v) is 12.9. The number of ether oxygens (including phenoxy) is 1. The van der Waals surface area contributed by atoms with Crippen molar-refractivity contribution in [2.45, 2.75) is 105 Å². The van der Waals surface area contributed by atoms with Gasteiger partial charge in [-0.2, -0.15) is 0 Å². The summed E-state index contributed by atoms with van der Waals surface area (Å²) in [6, 6.07) is 31.8. The van der Waals surface area contributed by atoms with Crippen molar-refractivity contribution in [2.75, 3.05) is 0 Å². The van der Waals surface area contributed by atoms with Crippen LogP contribution in [0.3, 0.4) is 0 Å². The predicted octanol–water partition coefficient (Wildman–Crippen LogP) is 13.5. The van der Waals surface area contributed by atoms with E-state index < -0.39 is 0 Å². The van der Waals surface area contributed by atoms with E-state index in [2.05, 4.69) is 113 Å². The van der Waals surface area contributed by atoms with Crippen molar-refractivity contribution >= 4 is 43.1 Å². The lowest BCUT2D eigenvalue weighted by Gasteiger charge is -2.22. The lowest BCUT2D eigenvalue weighted by Crippen LogP contribution is -2.01. The van der Waals surface area contributed by atoms with Crippen LogP contribution in [0.2, 0.25) is 0 Å². The summed E-state index contributed by atoms with van der Waals surface area (Å²) in [6.45, 7) is 9.19. The molecule has 1 heteroatoms. The third-order valence-electron chi connectivity index (χ3n) is 9.80. The molecule has 0 N–H and O–H groups in total. The fourth-order valence-corrected chi connectivity index (χ4v) is 7.53. The number of unbranched alkanes of at least 4 members (excludes halogenated alkanes) is 4. The van der Waals surface area contributed by atoms with Gasteiger partial charge in [-0.05, 0) is 118 Å². The average molecular weight is 595 g/mol. The maximum absolute atomic E-state index is 7.26. The third-order valence-corrected chi connectivity index (χ3v) is 9.80. The Morgan fingerprint density at radius 3 is 1.02 bits per heavy atom. The molecule has 0 saturated heterocycles. The Hall–Kier alpha value is -3.84. The smallest absolute Gasteiger partial charge is 0.135 e. The molecule has 6 aromatic rings. The second-order valence-electron chi connectivity index (χ2n) is 12.9. The number of aryl methyl sites for hydroxylation is 4. The fraction of sp³-hybridized carbons (Fsp3) is 0.364. The molecule has 6 aromatic carbocycles. The molecule has 0 bridgehead atoms. The highest BCUT2D eigenvalue weighted by Gasteiger charge is 2.20. The van der Waals surface area contributed by atoms with Gasteiger partial charge in [-0.15, -0.1) is 0 Å². The Labute approximate surface area is 270 Å². The van der Waals surface area contributed by atoms with Gasteiger partial charge < -0.3 is 4.74 Å². The highest BCUT2D eigenvalue weighted by molar-refractivity contribution is 6.10. The van der Waals surface area contributed by atoms with Gasteiger partial charge in [0.1, 0.15) is 11.5 Å². The molecule has 0 aromatic heterocycles. The lowest BCUT2D eigenvalue weighted by atomic mass is 9.87. The van der Waals surface area contributed by atoms with Gasteiger partial charge in [0.15, 0.2) is 0 Å². The predicted molar refractivity (Wildman–Crippen MR) is 197 cm³/mol. The van der Waals surface area contributed by atoms with Gasteiger partial charge >= 0.3 is 0 Å². The largest absolute Gasteiger partial charge is 0.456 e. The standard InChI is InChI=1S/C44H50O/c1-5-9-19-33-31-23-13-15-25-35(31)37(21-11-7-3)43-39(33)27-17-29-41(43)45-42-30-18-28-40-34(20-10-6-2)32-24-14-16-26-36(32)38(44(40)42)22-12-8-4/h13-18,23-30H,5-12,19-22H2,1-4H3. The molecular weight excluding hydrogens is 544 g/mol. The molecule has 0 fully saturated rings. The Kier molecular flexibility index (Phi) is 10.0. The molecule has 0 amide bonds. The summed E-state index contributed by atoms with van der Waals surface area (Å²) in [5, 5.41) is 11.0. The van der Waals surface area contributed by atoms with Gasteiger partial charge in [-0.1, -0.05) is 126 Å². The van der Waals surface area contributed by atoms with Crippen molar-refractivity contribution in [3.05, 3.63) is 107 Å². The molecule has 0 radical (unpaired) electrons. The van der Waals surface area contributed by atoms with E-state index >= 15 is 0 Å². The first-order valence-electron chi connectivity index (χ1n) is 17.8. The number of hydrogen-bond acceptors (Lipinski definition) is 1. The Balaban J connectivity index is 1.64. The summed E-state index contributed by atoms with van der Waals surface area (Å²) in [4.78, 5) is 0. The Morgan fingerprint density at radius 1 is 0.356 bits per heavy atom. The lowest BCUT2D eigenvalue weighted by molar-refractivity contribution is 0.493. The van der Waals surface area contributed by atoms with Crippen LogP contribution in [-0.2, 0) is 25.7 Å². The zero-order chi connectivity index (χ0) is 31.2. The van der Waals surface area contributed by atoms with E-state index in [9.17, 15) is 0 Å². The van der Waals surface area contributed by atoms with Crippen molar-refractivity contribution in [1.82, 2.24) is 0 Å². The molecule has 0 aliphatic heterocycles. The molecule has 45 heavy (non-hydrogen) atoms. The number of benzene rings is 6. The molecule has 0 aliphatic rings. The quantitative estimate of drug-likeness (QED) is 0.114. The first-order chi connectivity index (χ1) is 22.2. The molecule has 0 aliphatic carbocycles. The van der Waals surface area contributed by atoms with Gasteiger partial charge in [0.25, 0.3) is 0 Å². The topological polar surface area (TPSA) is 9.23 Å². The maximum Gasteiger partial charge on any atom is 0.135 e. The summed E-state index contributed by atoms with van der Waals surface area (Å²) in [6.07, 6.45) is 13.8. The van der Waals surface area contributed by atoms with Crippen LogP contribution in [-0.4, -0.2) is 0 Å². The molecule has 0 atom stereocenters. The van der Waals surface area contributed by atoms with Crippen LogP contribution in [0.4, 0.5) is 0 Å². The van der Waals surface area contributed by atoms with Crippen molar-refractivity contribution in [3.8, 4) is 11.5 Å². The van der Waals surface area contributed by atoms with E-state index in [1.807, 2.05) is 0 Å². The van der Waals surface area contributed by atoms with Crippen LogP contribution >= 0.6 is 0 Å². The van der Waals surface area contributed by atoms with Crippen LogP contribution in [0.5, 0.6) is 11.5 Å². The minimum Gasteiger partial charge on any atom is -0.456 e.